The second-order valence-electron chi connectivity index (χ2n) is 4.43. The Morgan fingerprint density at radius 1 is 1.47 bits per heavy atom. The van der Waals surface area contributed by atoms with Crippen molar-refractivity contribution in [2.24, 2.45) is 0 Å². The molecule has 1 aromatic rings. The number of amides is 1. The van der Waals surface area contributed by atoms with Crippen molar-refractivity contribution >= 4 is 17.2 Å². The topological polar surface area (TPSA) is 41.1 Å². The van der Waals surface area contributed by atoms with Crippen LogP contribution in [-0.2, 0) is 11.3 Å². The number of nitrogens with one attached hydrogen (secondary N) is 2. The maximum absolute atomic E-state index is 11.5. The maximum atomic E-state index is 11.5. The highest BCUT2D eigenvalue weighted by atomic mass is 32.1. The van der Waals surface area contributed by atoms with Gasteiger partial charge >= 0.3 is 0 Å². The molecule has 0 aliphatic rings. The molecule has 0 saturated heterocycles. The number of thiophene rings is 1. The standard InChI is InChI=1S/C13H22N2OS/c1-5-10(3)15-13(16)8-14-7-12-6-9(2)11(4)17-12/h6,10,14H,5,7-8H2,1-4H3,(H,15,16). The molecule has 1 heterocycles. The molecular weight excluding hydrogens is 232 g/mol. The molecular formula is C13H22N2OS. The summed E-state index contributed by atoms with van der Waals surface area (Å²) in [6.45, 7) is 9.48. The summed E-state index contributed by atoms with van der Waals surface area (Å²) >= 11 is 1.79. The van der Waals surface area contributed by atoms with Crippen LogP contribution in [0.15, 0.2) is 6.07 Å². The van der Waals surface area contributed by atoms with Crippen molar-refractivity contribution in [3.05, 3.63) is 21.4 Å². The van der Waals surface area contributed by atoms with Gasteiger partial charge in [0.1, 0.15) is 0 Å². The van der Waals surface area contributed by atoms with Gasteiger partial charge in [0, 0.05) is 22.3 Å². The van der Waals surface area contributed by atoms with Crippen LogP contribution in [-0.4, -0.2) is 18.5 Å². The Balaban J connectivity index is 2.26. The van der Waals surface area contributed by atoms with E-state index in [0.717, 1.165) is 13.0 Å². The molecule has 3 nitrogen and oxygen atoms in total. The number of carbonyl (C=O) groups is 1. The minimum absolute atomic E-state index is 0.0735. The van der Waals surface area contributed by atoms with Gasteiger partial charge in [0.05, 0.1) is 6.54 Å². The van der Waals surface area contributed by atoms with Crippen molar-refractivity contribution in [3.8, 4) is 0 Å². The van der Waals surface area contributed by atoms with Gasteiger partial charge in [-0.1, -0.05) is 6.92 Å². The maximum Gasteiger partial charge on any atom is 0.234 e. The smallest absolute Gasteiger partial charge is 0.234 e. The van der Waals surface area contributed by atoms with Gasteiger partial charge in [0.15, 0.2) is 0 Å². The van der Waals surface area contributed by atoms with Gasteiger partial charge in [-0.05, 0) is 38.8 Å². The van der Waals surface area contributed by atoms with E-state index in [0.29, 0.717) is 6.54 Å². The number of aryl methyl sites for hydroxylation is 2. The van der Waals surface area contributed by atoms with Gasteiger partial charge in [-0.15, -0.1) is 11.3 Å². The van der Waals surface area contributed by atoms with Crippen molar-refractivity contribution in [2.45, 2.75) is 46.7 Å². The normalized spacial score (nSPS) is 12.5. The second-order valence-corrected chi connectivity index (χ2v) is 5.77. The Morgan fingerprint density at radius 2 is 2.18 bits per heavy atom. The van der Waals surface area contributed by atoms with Gasteiger partial charge in [0.25, 0.3) is 0 Å². The van der Waals surface area contributed by atoms with Gasteiger partial charge in [-0.2, -0.15) is 0 Å². The minimum Gasteiger partial charge on any atom is -0.353 e. The molecule has 17 heavy (non-hydrogen) atoms. The largest absolute Gasteiger partial charge is 0.353 e. The van der Waals surface area contributed by atoms with Crippen molar-refractivity contribution in [1.82, 2.24) is 10.6 Å². The van der Waals surface area contributed by atoms with E-state index in [1.807, 2.05) is 6.92 Å². The van der Waals surface area contributed by atoms with E-state index in [9.17, 15) is 4.79 Å². The summed E-state index contributed by atoms with van der Waals surface area (Å²) < 4.78 is 0. The molecule has 0 radical (unpaired) electrons. The molecule has 1 amide bonds. The Labute approximate surface area is 108 Å². The highest BCUT2D eigenvalue weighted by molar-refractivity contribution is 7.12. The zero-order valence-corrected chi connectivity index (χ0v) is 11.9. The average molecular weight is 254 g/mol. The van der Waals surface area contributed by atoms with E-state index in [4.69, 9.17) is 0 Å². The van der Waals surface area contributed by atoms with Crippen LogP contribution in [0.4, 0.5) is 0 Å². The molecule has 1 unspecified atom stereocenters. The molecule has 0 saturated carbocycles. The molecule has 1 aromatic heterocycles. The monoisotopic (exact) mass is 254 g/mol. The highest BCUT2D eigenvalue weighted by Gasteiger charge is 2.05. The lowest BCUT2D eigenvalue weighted by atomic mass is 10.2. The van der Waals surface area contributed by atoms with Crippen LogP contribution in [0.1, 0.15) is 35.6 Å². The molecule has 0 bridgehead atoms. The van der Waals surface area contributed by atoms with E-state index in [2.05, 4.69) is 37.5 Å². The van der Waals surface area contributed by atoms with Crippen molar-refractivity contribution in [3.63, 3.8) is 0 Å². The molecule has 1 rings (SSSR count). The fourth-order valence-electron chi connectivity index (χ4n) is 1.46. The lowest BCUT2D eigenvalue weighted by Crippen LogP contribution is -2.38. The summed E-state index contributed by atoms with van der Waals surface area (Å²) in [6.07, 6.45) is 0.967. The second kappa shape index (κ2) is 6.77. The van der Waals surface area contributed by atoms with E-state index < -0.39 is 0 Å². The first-order chi connectivity index (χ1) is 8.02. The summed E-state index contributed by atoms with van der Waals surface area (Å²) in [7, 11) is 0. The first-order valence-corrected chi connectivity index (χ1v) is 6.90. The molecule has 0 aliphatic heterocycles. The van der Waals surface area contributed by atoms with Crippen LogP contribution >= 0.6 is 11.3 Å². The summed E-state index contributed by atoms with van der Waals surface area (Å²) in [5.74, 6) is 0.0735. The molecule has 2 N–H and O–H groups in total. The van der Waals surface area contributed by atoms with Crippen LogP contribution in [0.25, 0.3) is 0 Å². The summed E-state index contributed by atoms with van der Waals surface area (Å²) in [5.41, 5.74) is 1.33. The zero-order valence-electron chi connectivity index (χ0n) is 11.1. The molecule has 0 aliphatic carbocycles. The predicted octanol–water partition coefficient (Wildman–Crippen LogP) is 2.37. The van der Waals surface area contributed by atoms with Crippen molar-refractivity contribution < 1.29 is 4.79 Å². The Morgan fingerprint density at radius 3 is 2.71 bits per heavy atom. The van der Waals surface area contributed by atoms with E-state index in [1.54, 1.807) is 11.3 Å². The Hall–Kier alpha value is -0.870. The lowest BCUT2D eigenvalue weighted by molar-refractivity contribution is -0.120. The SMILES string of the molecule is CCC(C)NC(=O)CNCc1cc(C)c(C)s1. The first-order valence-electron chi connectivity index (χ1n) is 6.09. The van der Waals surface area contributed by atoms with Crippen molar-refractivity contribution in [2.75, 3.05) is 6.54 Å². The number of hydrogen-bond donors (Lipinski definition) is 2. The number of rotatable bonds is 6. The average Bonchev–Trinajstić information content (AvgIpc) is 2.58. The van der Waals surface area contributed by atoms with Gasteiger partial charge < -0.3 is 10.6 Å². The van der Waals surface area contributed by atoms with Crippen LogP contribution in [0, 0.1) is 13.8 Å². The Kier molecular flexibility index (Phi) is 5.65. The van der Waals surface area contributed by atoms with Crippen LogP contribution < -0.4 is 10.6 Å². The molecule has 0 fully saturated rings. The van der Waals surface area contributed by atoms with Crippen LogP contribution in [0.5, 0.6) is 0 Å². The lowest BCUT2D eigenvalue weighted by Gasteiger charge is -2.11. The molecule has 96 valence electrons. The van der Waals surface area contributed by atoms with Crippen molar-refractivity contribution in [1.29, 1.82) is 0 Å². The van der Waals surface area contributed by atoms with Crippen LogP contribution in [0.2, 0.25) is 0 Å². The summed E-state index contributed by atoms with van der Waals surface area (Å²) in [5, 5.41) is 6.10. The third kappa shape index (κ3) is 4.88. The van der Waals surface area contributed by atoms with Crippen LogP contribution in [0.3, 0.4) is 0 Å². The van der Waals surface area contributed by atoms with Gasteiger partial charge in [0.2, 0.25) is 5.91 Å². The van der Waals surface area contributed by atoms with E-state index in [-0.39, 0.29) is 11.9 Å². The van der Waals surface area contributed by atoms with E-state index >= 15 is 0 Å². The number of carbonyl (C=O) groups excluding carboxylic acids is 1. The first kappa shape index (κ1) is 14.2. The number of hydrogen-bond acceptors (Lipinski definition) is 3. The molecule has 0 aromatic carbocycles. The quantitative estimate of drug-likeness (QED) is 0.818. The predicted molar refractivity (Wildman–Crippen MR) is 73.4 cm³/mol. The summed E-state index contributed by atoms with van der Waals surface area (Å²) in [4.78, 5) is 14.1. The third-order valence-corrected chi connectivity index (χ3v) is 3.97. The zero-order chi connectivity index (χ0) is 12.8. The summed E-state index contributed by atoms with van der Waals surface area (Å²) in [6, 6.07) is 2.44. The van der Waals surface area contributed by atoms with Gasteiger partial charge in [-0.3, -0.25) is 4.79 Å². The molecule has 4 heteroatoms. The fourth-order valence-corrected chi connectivity index (χ4v) is 2.49. The molecule has 0 spiro atoms. The Bertz CT molecular complexity index is 354. The van der Waals surface area contributed by atoms with Gasteiger partial charge in [-0.25, -0.2) is 0 Å². The fraction of sp³-hybridized carbons (Fsp3) is 0.615. The highest BCUT2D eigenvalue weighted by Crippen LogP contribution is 2.19. The minimum atomic E-state index is 0.0735. The van der Waals surface area contributed by atoms with E-state index in [1.165, 1.54) is 15.3 Å². The molecule has 1 atom stereocenters. The third-order valence-electron chi connectivity index (χ3n) is 2.82.